The number of aromatic amines is 1. The third kappa shape index (κ3) is 3.93. The average Bonchev–Trinajstić information content (AvgIpc) is 3.19. The molecule has 2 aromatic carbocycles. The number of aromatic nitrogens is 3. The minimum absolute atomic E-state index is 0.0306. The first-order chi connectivity index (χ1) is 15.3. The van der Waals surface area contributed by atoms with Crippen molar-refractivity contribution in [3.05, 3.63) is 82.9 Å². The number of halogens is 4. The molecule has 0 fully saturated rings. The minimum Gasteiger partial charge on any atom is -0.345 e. The molecule has 0 radical (unpaired) electrons. The molecule has 0 unspecified atom stereocenters. The zero-order valence-electron chi connectivity index (χ0n) is 16.8. The molecule has 0 atom stereocenters. The first kappa shape index (κ1) is 21.8. The lowest BCUT2D eigenvalue weighted by atomic mass is 9.98. The van der Waals surface area contributed by atoms with E-state index in [4.69, 9.17) is 0 Å². The summed E-state index contributed by atoms with van der Waals surface area (Å²) in [6.45, 7) is 3.75. The standard InChI is InChI=1S/C22H16F4N4OS/c1-10(2)20-17-12(8-27-22(17)29-9-28-20)21(31)18-14(25)5-6-15(19(18)26)30-32-16-7-11(23)3-4-13(16)24/h3-10,30H,1-2H3,(H,27,28,29). The van der Waals surface area contributed by atoms with Crippen LogP contribution in [0.15, 0.2) is 47.8 Å². The summed E-state index contributed by atoms with van der Waals surface area (Å²) in [7, 11) is 0. The van der Waals surface area contributed by atoms with Gasteiger partial charge in [-0.25, -0.2) is 27.5 Å². The van der Waals surface area contributed by atoms with Crippen molar-refractivity contribution in [2.75, 3.05) is 4.72 Å². The van der Waals surface area contributed by atoms with Gasteiger partial charge in [0.05, 0.1) is 32.8 Å². The monoisotopic (exact) mass is 460 g/mol. The summed E-state index contributed by atoms with van der Waals surface area (Å²) in [6, 6.07) is 4.81. The number of hydrogen-bond acceptors (Lipinski definition) is 5. The number of carbonyl (C=O) groups excluding carboxylic acids is 1. The highest BCUT2D eigenvalue weighted by Gasteiger charge is 2.26. The molecule has 0 saturated heterocycles. The lowest BCUT2D eigenvalue weighted by Crippen LogP contribution is -2.10. The van der Waals surface area contributed by atoms with Crippen LogP contribution in [0.5, 0.6) is 0 Å². The van der Waals surface area contributed by atoms with Crippen LogP contribution in [0.3, 0.4) is 0 Å². The second-order valence-electron chi connectivity index (χ2n) is 7.23. The Balaban J connectivity index is 1.73. The number of anilines is 1. The molecule has 0 aliphatic heterocycles. The van der Waals surface area contributed by atoms with Crippen molar-refractivity contribution in [1.29, 1.82) is 0 Å². The first-order valence-corrected chi connectivity index (χ1v) is 10.3. The first-order valence-electron chi connectivity index (χ1n) is 9.50. The Hall–Kier alpha value is -3.40. The van der Waals surface area contributed by atoms with E-state index in [1.807, 2.05) is 13.8 Å². The summed E-state index contributed by atoms with van der Waals surface area (Å²) in [6.07, 6.45) is 2.68. The zero-order chi connectivity index (χ0) is 23.0. The Bertz CT molecular complexity index is 1340. The highest BCUT2D eigenvalue weighted by Crippen LogP contribution is 2.32. The lowest BCUT2D eigenvalue weighted by Gasteiger charge is -2.12. The van der Waals surface area contributed by atoms with Crippen LogP contribution in [0.25, 0.3) is 11.0 Å². The van der Waals surface area contributed by atoms with E-state index < -0.39 is 34.6 Å². The predicted molar refractivity (Wildman–Crippen MR) is 114 cm³/mol. The molecule has 2 N–H and O–H groups in total. The van der Waals surface area contributed by atoms with Crippen LogP contribution in [0.1, 0.15) is 41.4 Å². The Kier molecular flexibility index (Phi) is 5.88. The maximum Gasteiger partial charge on any atom is 0.201 e. The van der Waals surface area contributed by atoms with Gasteiger partial charge in [-0.05, 0) is 48.2 Å². The number of carbonyl (C=O) groups is 1. The molecule has 32 heavy (non-hydrogen) atoms. The van der Waals surface area contributed by atoms with E-state index in [2.05, 4.69) is 19.7 Å². The van der Waals surface area contributed by atoms with Gasteiger partial charge in [-0.2, -0.15) is 0 Å². The Morgan fingerprint density at radius 1 is 1.06 bits per heavy atom. The van der Waals surface area contributed by atoms with Crippen LogP contribution in [0, 0.1) is 23.3 Å². The summed E-state index contributed by atoms with van der Waals surface area (Å²) < 4.78 is 59.4. The van der Waals surface area contributed by atoms with E-state index in [0.29, 0.717) is 28.7 Å². The van der Waals surface area contributed by atoms with Crippen molar-refractivity contribution in [2.45, 2.75) is 24.7 Å². The molecule has 4 rings (SSSR count). The quantitative estimate of drug-likeness (QED) is 0.210. The van der Waals surface area contributed by atoms with E-state index >= 15 is 4.39 Å². The Morgan fingerprint density at radius 3 is 2.56 bits per heavy atom. The van der Waals surface area contributed by atoms with E-state index in [0.717, 1.165) is 30.3 Å². The summed E-state index contributed by atoms with van der Waals surface area (Å²) in [5, 5.41) is 0.390. The molecule has 0 saturated carbocycles. The number of ketones is 1. The summed E-state index contributed by atoms with van der Waals surface area (Å²) in [5.74, 6) is -4.57. The molecule has 2 aromatic heterocycles. The van der Waals surface area contributed by atoms with Crippen molar-refractivity contribution in [3.63, 3.8) is 0 Å². The third-order valence-electron chi connectivity index (χ3n) is 4.77. The van der Waals surface area contributed by atoms with Gasteiger partial charge in [-0.15, -0.1) is 0 Å². The molecule has 0 aliphatic rings. The number of hydrogen-bond donors (Lipinski definition) is 2. The Morgan fingerprint density at radius 2 is 1.81 bits per heavy atom. The molecular formula is C22H16F4N4OS. The number of rotatable bonds is 6. The zero-order valence-corrected chi connectivity index (χ0v) is 17.7. The van der Waals surface area contributed by atoms with E-state index in [-0.39, 0.29) is 22.1 Å². The molecular weight excluding hydrogens is 444 g/mol. The van der Waals surface area contributed by atoms with Gasteiger partial charge in [-0.3, -0.25) is 4.79 Å². The lowest BCUT2D eigenvalue weighted by molar-refractivity contribution is 0.103. The van der Waals surface area contributed by atoms with Gasteiger partial charge in [0.2, 0.25) is 5.78 Å². The number of benzene rings is 2. The minimum atomic E-state index is -1.16. The predicted octanol–water partition coefficient (Wildman–Crippen LogP) is 5.99. The number of nitrogens with zero attached hydrogens (tertiary/aromatic N) is 2. The molecule has 0 spiro atoms. The van der Waals surface area contributed by atoms with E-state index in [1.54, 1.807) is 0 Å². The van der Waals surface area contributed by atoms with Crippen molar-refractivity contribution in [2.24, 2.45) is 0 Å². The maximum absolute atomic E-state index is 15.2. The van der Waals surface area contributed by atoms with Crippen molar-refractivity contribution in [1.82, 2.24) is 15.0 Å². The summed E-state index contributed by atoms with van der Waals surface area (Å²) in [4.78, 5) is 24.1. The van der Waals surface area contributed by atoms with Crippen LogP contribution in [-0.2, 0) is 0 Å². The van der Waals surface area contributed by atoms with Crippen LogP contribution in [0.4, 0.5) is 23.2 Å². The van der Waals surface area contributed by atoms with Crippen LogP contribution in [-0.4, -0.2) is 20.7 Å². The normalized spacial score (nSPS) is 11.3. The van der Waals surface area contributed by atoms with E-state index in [9.17, 15) is 18.0 Å². The van der Waals surface area contributed by atoms with Gasteiger partial charge in [0.1, 0.15) is 29.4 Å². The Labute approximate surface area is 184 Å². The highest BCUT2D eigenvalue weighted by molar-refractivity contribution is 8.00. The smallest absolute Gasteiger partial charge is 0.201 e. The van der Waals surface area contributed by atoms with Gasteiger partial charge in [-0.1, -0.05) is 13.8 Å². The summed E-state index contributed by atoms with van der Waals surface area (Å²) in [5.41, 5.74) is -0.0763. The van der Waals surface area contributed by atoms with Crippen molar-refractivity contribution in [3.8, 4) is 0 Å². The molecule has 5 nitrogen and oxygen atoms in total. The fourth-order valence-corrected chi connectivity index (χ4v) is 3.96. The van der Waals surface area contributed by atoms with Gasteiger partial charge in [0.15, 0.2) is 5.82 Å². The van der Waals surface area contributed by atoms with E-state index in [1.165, 1.54) is 12.5 Å². The fraction of sp³-hybridized carbons (Fsp3) is 0.136. The molecule has 0 amide bonds. The van der Waals surface area contributed by atoms with Gasteiger partial charge < -0.3 is 9.71 Å². The van der Waals surface area contributed by atoms with Crippen molar-refractivity contribution >= 4 is 34.5 Å². The number of nitrogens with one attached hydrogen (secondary N) is 2. The largest absolute Gasteiger partial charge is 0.345 e. The molecule has 4 aromatic rings. The molecule has 0 aliphatic carbocycles. The average molecular weight is 460 g/mol. The second kappa shape index (κ2) is 8.62. The topological polar surface area (TPSA) is 70.7 Å². The number of fused-ring (bicyclic) bond motifs is 1. The molecule has 2 heterocycles. The summed E-state index contributed by atoms with van der Waals surface area (Å²) >= 11 is 0.596. The van der Waals surface area contributed by atoms with Crippen molar-refractivity contribution < 1.29 is 22.4 Å². The highest BCUT2D eigenvalue weighted by atomic mass is 32.2. The number of H-pyrrole nitrogens is 1. The van der Waals surface area contributed by atoms with Gasteiger partial charge in [0.25, 0.3) is 0 Å². The second-order valence-corrected chi connectivity index (χ2v) is 8.08. The van der Waals surface area contributed by atoms with Gasteiger partial charge >= 0.3 is 0 Å². The fourth-order valence-electron chi connectivity index (χ4n) is 3.24. The maximum atomic E-state index is 15.2. The van der Waals surface area contributed by atoms with Gasteiger partial charge in [0, 0.05) is 6.20 Å². The molecule has 164 valence electrons. The third-order valence-corrected chi connectivity index (χ3v) is 5.63. The SMILES string of the molecule is CC(C)c1ncnc2[nH]cc(C(=O)c3c(F)ccc(NSc4cc(F)ccc4F)c3F)c12. The van der Waals surface area contributed by atoms with Crippen LogP contribution < -0.4 is 4.72 Å². The molecule has 0 bridgehead atoms. The van der Waals surface area contributed by atoms with Crippen LogP contribution >= 0.6 is 11.9 Å². The van der Waals surface area contributed by atoms with Crippen LogP contribution in [0.2, 0.25) is 0 Å². The molecule has 10 heteroatoms.